The van der Waals surface area contributed by atoms with Gasteiger partial charge in [-0.3, -0.25) is 4.98 Å². The fraction of sp³-hybridized carbons (Fsp3) is 0.0833. The summed E-state index contributed by atoms with van der Waals surface area (Å²) in [6, 6.07) is 8.36. The Morgan fingerprint density at radius 2 is 2.06 bits per heavy atom. The number of rotatable bonds is 2. The van der Waals surface area contributed by atoms with Gasteiger partial charge in [0.2, 0.25) is 0 Å². The third-order valence-corrected chi connectivity index (χ3v) is 3.05. The molecule has 2 aromatic heterocycles. The molecular weight excluding hydrogens is 302 g/mol. The SMILES string of the molecule is O=c1[nH]c2ccc(C(O)c3ccc(Br)o3)cc2o1. The molecule has 6 heteroatoms. The molecule has 0 saturated carbocycles. The summed E-state index contributed by atoms with van der Waals surface area (Å²) in [5.74, 6) is -0.100. The van der Waals surface area contributed by atoms with Gasteiger partial charge in [0, 0.05) is 0 Å². The number of furan rings is 1. The molecule has 92 valence electrons. The van der Waals surface area contributed by atoms with Crippen LogP contribution in [0.3, 0.4) is 0 Å². The Bertz CT molecular complexity index is 755. The Morgan fingerprint density at radius 1 is 1.22 bits per heavy atom. The summed E-state index contributed by atoms with van der Waals surface area (Å²) in [6.07, 6.45) is -0.902. The van der Waals surface area contributed by atoms with Crippen LogP contribution in [0.15, 0.2) is 48.6 Å². The van der Waals surface area contributed by atoms with Crippen molar-refractivity contribution in [2.75, 3.05) is 0 Å². The van der Waals surface area contributed by atoms with Crippen molar-refractivity contribution in [3.8, 4) is 0 Å². The Hall–Kier alpha value is -1.79. The number of hydrogen-bond donors (Lipinski definition) is 2. The lowest BCUT2D eigenvalue weighted by atomic mass is 10.1. The van der Waals surface area contributed by atoms with Crippen LogP contribution in [0.1, 0.15) is 17.4 Å². The van der Waals surface area contributed by atoms with Crippen molar-refractivity contribution in [2.45, 2.75) is 6.10 Å². The Balaban J connectivity index is 2.05. The van der Waals surface area contributed by atoms with E-state index in [4.69, 9.17) is 8.83 Å². The smallest absolute Gasteiger partial charge is 0.417 e. The van der Waals surface area contributed by atoms with Crippen LogP contribution >= 0.6 is 15.9 Å². The van der Waals surface area contributed by atoms with Gasteiger partial charge >= 0.3 is 5.76 Å². The molecule has 0 radical (unpaired) electrons. The fourth-order valence-corrected chi connectivity index (χ4v) is 2.09. The minimum atomic E-state index is -0.902. The number of halogens is 1. The molecule has 0 bridgehead atoms. The predicted octanol–water partition coefficient (Wildman–Crippen LogP) is 2.56. The first kappa shape index (κ1) is 11.3. The molecule has 2 N–H and O–H groups in total. The van der Waals surface area contributed by atoms with Gasteiger partial charge in [-0.2, -0.15) is 0 Å². The summed E-state index contributed by atoms with van der Waals surface area (Å²) in [7, 11) is 0. The molecule has 5 nitrogen and oxygen atoms in total. The molecule has 0 spiro atoms. The standard InChI is InChI=1S/C12H8BrNO4/c13-10-4-3-8(17-10)11(15)6-1-2-7-9(5-6)18-12(16)14-7/h1-5,11,15H,(H,14,16). The second kappa shape index (κ2) is 4.15. The van der Waals surface area contributed by atoms with Crippen LogP contribution in [-0.4, -0.2) is 10.1 Å². The van der Waals surface area contributed by atoms with Crippen molar-refractivity contribution >= 4 is 27.0 Å². The van der Waals surface area contributed by atoms with Gasteiger partial charge in [0.1, 0.15) is 11.9 Å². The van der Waals surface area contributed by atoms with Crippen molar-refractivity contribution in [2.24, 2.45) is 0 Å². The second-order valence-electron chi connectivity index (χ2n) is 3.81. The number of hydrogen-bond acceptors (Lipinski definition) is 4. The monoisotopic (exact) mass is 309 g/mol. The number of fused-ring (bicyclic) bond motifs is 1. The van der Waals surface area contributed by atoms with Crippen molar-refractivity contribution < 1.29 is 13.9 Å². The Morgan fingerprint density at radius 3 is 2.78 bits per heavy atom. The molecule has 3 rings (SSSR count). The van der Waals surface area contributed by atoms with Crippen molar-refractivity contribution in [3.05, 3.63) is 56.9 Å². The van der Waals surface area contributed by atoms with Crippen LogP contribution in [-0.2, 0) is 0 Å². The van der Waals surface area contributed by atoms with E-state index in [0.29, 0.717) is 27.1 Å². The van der Waals surface area contributed by atoms with E-state index in [9.17, 15) is 9.90 Å². The van der Waals surface area contributed by atoms with Gasteiger partial charge < -0.3 is 13.9 Å². The first-order valence-electron chi connectivity index (χ1n) is 5.19. The Labute approximate surface area is 109 Å². The summed E-state index contributed by atoms with van der Waals surface area (Å²) < 4.78 is 10.8. The third-order valence-electron chi connectivity index (χ3n) is 2.62. The first-order valence-corrected chi connectivity index (χ1v) is 5.99. The van der Waals surface area contributed by atoms with Gasteiger partial charge in [0.05, 0.1) is 5.52 Å². The zero-order chi connectivity index (χ0) is 12.7. The summed E-state index contributed by atoms with van der Waals surface area (Å²) >= 11 is 3.17. The highest BCUT2D eigenvalue weighted by Gasteiger charge is 2.15. The summed E-state index contributed by atoms with van der Waals surface area (Å²) in [5.41, 5.74) is 1.59. The van der Waals surface area contributed by atoms with E-state index in [1.807, 2.05) is 0 Å². The average molecular weight is 310 g/mol. The third kappa shape index (κ3) is 1.89. The van der Waals surface area contributed by atoms with E-state index < -0.39 is 11.9 Å². The van der Waals surface area contributed by atoms with Crippen LogP contribution < -0.4 is 5.76 Å². The van der Waals surface area contributed by atoms with Crippen LogP contribution in [0.5, 0.6) is 0 Å². The lowest BCUT2D eigenvalue weighted by molar-refractivity contribution is 0.187. The zero-order valence-electron chi connectivity index (χ0n) is 9.01. The van der Waals surface area contributed by atoms with Gasteiger partial charge in [0.15, 0.2) is 10.3 Å². The lowest BCUT2D eigenvalue weighted by Gasteiger charge is -2.07. The zero-order valence-corrected chi connectivity index (χ0v) is 10.6. The molecule has 1 atom stereocenters. The highest BCUT2D eigenvalue weighted by atomic mass is 79.9. The predicted molar refractivity (Wildman–Crippen MR) is 67.3 cm³/mol. The van der Waals surface area contributed by atoms with E-state index in [1.54, 1.807) is 30.3 Å². The molecule has 3 aromatic rings. The molecule has 1 aromatic carbocycles. The van der Waals surface area contributed by atoms with Crippen molar-refractivity contribution in [3.63, 3.8) is 0 Å². The van der Waals surface area contributed by atoms with Gasteiger partial charge in [-0.1, -0.05) is 6.07 Å². The number of aliphatic hydroxyl groups excluding tert-OH is 1. The molecule has 2 heterocycles. The van der Waals surface area contributed by atoms with Gasteiger partial charge in [-0.05, 0) is 45.8 Å². The molecule has 0 saturated heterocycles. The topological polar surface area (TPSA) is 79.4 Å². The van der Waals surface area contributed by atoms with E-state index >= 15 is 0 Å². The number of benzene rings is 1. The van der Waals surface area contributed by atoms with Gasteiger partial charge in [-0.15, -0.1) is 0 Å². The summed E-state index contributed by atoms with van der Waals surface area (Å²) in [5, 5.41) is 10.1. The molecule has 0 fully saturated rings. The highest BCUT2D eigenvalue weighted by Crippen LogP contribution is 2.27. The molecule has 0 aliphatic rings. The maximum atomic E-state index is 11.0. The maximum absolute atomic E-state index is 11.0. The average Bonchev–Trinajstić information content (AvgIpc) is 2.92. The quantitative estimate of drug-likeness (QED) is 0.762. The number of nitrogens with one attached hydrogen (secondary N) is 1. The van der Waals surface area contributed by atoms with E-state index in [0.717, 1.165) is 0 Å². The second-order valence-corrected chi connectivity index (χ2v) is 4.60. The van der Waals surface area contributed by atoms with Crippen LogP contribution in [0, 0.1) is 0 Å². The number of aromatic nitrogens is 1. The van der Waals surface area contributed by atoms with E-state index in [-0.39, 0.29) is 0 Å². The molecule has 1 unspecified atom stereocenters. The largest absolute Gasteiger partial charge is 0.451 e. The summed E-state index contributed by atoms with van der Waals surface area (Å²) in [4.78, 5) is 13.6. The number of aromatic amines is 1. The summed E-state index contributed by atoms with van der Waals surface area (Å²) in [6.45, 7) is 0. The number of H-pyrrole nitrogens is 1. The molecular formula is C12H8BrNO4. The minimum absolute atomic E-state index is 0.405. The number of oxazole rings is 1. The minimum Gasteiger partial charge on any atom is -0.451 e. The molecule has 0 amide bonds. The lowest BCUT2D eigenvalue weighted by Crippen LogP contribution is -1.97. The van der Waals surface area contributed by atoms with Crippen LogP contribution in [0.2, 0.25) is 0 Å². The van der Waals surface area contributed by atoms with E-state index in [2.05, 4.69) is 20.9 Å². The molecule has 18 heavy (non-hydrogen) atoms. The molecule has 0 aliphatic carbocycles. The highest BCUT2D eigenvalue weighted by molar-refractivity contribution is 9.10. The first-order chi connectivity index (χ1) is 8.63. The maximum Gasteiger partial charge on any atom is 0.417 e. The van der Waals surface area contributed by atoms with Crippen molar-refractivity contribution in [1.29, 1.82) is 0 Å². The van der Waals surface area contributed by atoms with Crippen molar-refractivity contribution in [1.82, 2.24) is 4.98 Å². The number of aliphatic hydroxyl groups is 1. The van der Waals surface area contributed by atoms with Crippen LogP contribution in [0.25, 0.3) is 11.1 Å². The van der Waals surface area contributed by atoms with Crippen LogP contribution in [0.4, 0.5) is 0 Å². The normalized spacial score (nSPS) is 13.0. The van der Waals surface area contributed by atoms with Gasteiger partial charge in [-0.25, -0.2) is 4.79 Å². The Kier molecular flexibility index (Phi) is 2.61. The van der Waals surface area contributed by atoms with E-state index in [1.165, 1.54) is 0 Å². The van der Waals surface area contributed by atoms with Gasteiger partial charge in [0.25, 0.3) is 0 Å². The molecule has 0 aliphatic heterocycles. The fourth-order valence-electron chi connectivity index (χ4n) is 1.77.